The Morgan fingerprint density at radius 3 is 2.25 bits per heavy atom. The van der Waals surface area contributed by atoms with E-state index in [2.05, 4.69) is 33.7 Å². The van der Waals surface area contributed by atoms with Crippen LogP contribution in [-0.2, 0) is 11.3 Å². The summed E-state index contributed by atoms with van der Waals surface area (Å²) in [6, 6.07) is 20.9. The second-order valence-electron chi connectivity index (χ2n) is 9.60. The lowest BCUT2D eigenvalue weighted by Crippen LogP contribution is -2.48. The second-order valence-corrected chi connectivity index (χ2v) is 9.60. The summed E-state index contributed by atoms with van der Waals surface area (Å²) in [5.41, 5.74) is 5.83. The van der Waals surface area contributed by atoms with Crippen LogP contribution in [0, 0.1) is 16.0 Å². The van der Waals surface area contributed by atoms with Gasteiger partial charge in [-0.05, 0) is 48.2 Å². The zero-order chi connectivity index (χ0) is 24.6. The van der Waals surface area contributed by atoms with E-state index in [1.165, 1.54) is 12.1 Å². The molecule has 3 heterocycles. The van der Waals surface area contributed by atoms with Crippen LogP contribution < -0.4 is 0 Å². The molecular weight excluding hydrogens is 454 g/mol. The van der Waals surface area contributed by atoms with Gasteiger partial charge in [0.2, 0.25) is 5.91 Å². The first-order valence-electron chi connectivity index (χ1n) is 12.4. The Kier molecular flexibility index (Phi) is 5.73. The van der Waals surface area contributed by atoms with Crippen LogP contribution in [0.5, 0.6) is 0 Å². The topological polar surface area (TPSA) is 84.0 Å². The molecule has 36 heavy (non-hydrogen) atoms. The van der Waals surface area contributed by atoms with Crippen molar-refractivity contribution in [2.75, 3.05) is 26.2 Å². The number of carbonyl (C=O) groups is 1. The van der Waals surface area contributed by atoms with Crippen LogP contribution >= 0.6 is 0 Å². The number of aromatic nitrogens is 2. The lowest BCUT2D eigenvalue weighted by molar-refractivity contribution is -0.384. The molecule has 2 aromatic heterocycles. The molecule has 0 N–H and O–H groups in total. The maximum Gasteiger partial charge on any atom is 0.269 e. The van der Waals surface area contributed by atoms with Crippen LogP contribution in [0.4, 0.5) is 5.69 Å². The van der Waals surface area contributed by atoms with Crippen LogP contribution in [0.2, 0.25) is 0 Å². The molecule has 4 aromatic rings. The van der Waals surface area contributed by atoms with Gasteiger partial charge in [0, 0.05) is 62.5 Å². The monoisotopic (exact) mass is 481 g/mol. The van der Waals surface area contributed by atoms with Gasteiger partial charge < -0.3 is 9.30 Å². The Morgan fingerprint density at radius 2 is 1.58 bits per heavy atom. The molecule has 0 spiro atoms. The molecule has 1 saturated carbocycles. The predicted octanol–water partition coefficient (Wildman–Crippen LogP) is 4.63. The number of rotatable bonds is 6. The third-order valence-corrected chi connectivity index (χ3v) is 7.16. The Morgan fingerprint density at radius 1 is 0.889 bits per heavy atom. The molecule has 2 aromatic carbocycles. The molecule has 0 atom stereocenters. The quantitative estimate of drug-likeness (QED) is 0.296. The Labute approximate surface area is 208 Å². The Balaban J connectivity index is 1.35. The molecule has 8 heteroatoms. The fourth-order valence-electron chi connectivity index (χ4n) is 4.94. The van der Waals surface area contributed by atoms with Gasteiger partial charge in [0.05, 0.1) is 16.3 Å². The smallest absolute Gasteiger partial charge is 0.269 e. The summed E-state index contributed by atoms with van der Waals surface area (Å²) in [5.74, 6) is 0.559. The molecule has 6 rings (SSSR count). The molecule has 2 aliphatic rings. The predicted molar refractivity (Wildman–Crippen MR) is 137 cm³/mol. The number of imidazole rings is 1. The lowest BCUT2D eigenvalue weighted by Gasteiger charge is -2.35. The molecule has 1 amide bonds. The number of amides is 1. The number of carbonyl (C=O) groups excluding carboxylic acids is 1. The summed E-state index contributed by atoms with van der Waals surface area (Å²) >= 11 is 0. The average Bonchev–Trinajstić information content (AvgIpc) is 3.71. The first kappa shape index (κ1) is 22.4. The number of hydrogen-bond donors (Lipinski definition) is 0. The molecule has 0 unspecified atom stereocenters. The summed E-state index contributed by atoms with van der Waals surface area (Å²) in [5, 5.41) is 11.2. The van der Waals surface area contributed by atoms with Gasteiger partial charge in [0.15, 0.2) is 0 Å². The normalized spacial score (nSPS) is 16.4. The van der Waals surface area contributed by atoms with Gasteiger partial charge in [-0.2, -0.15) is 0 Å². The number of benzene rings is 2. The van der Waals surface area contributed by atoms with Gasteiger partial charge in [-0.3, -0.25) is 19.8 Å². The minimum absolute atomic E-state index is 0.0619. The van der Waals surface area contributed by atoms with E-state index in [0.29, 0.717) is 12.5 Å². The summed E-state index contributed by atoms with van der Waals surface area (Å²) < 4.78 is 2.14. The second kappa shape index (κ2) is 9.20. The highest BCUT2D eigenvalue weighted by Gasteiger charge is 2.34. The third kappa shape index (κ3) is 4.35. The van der Waals surface area contributed by atoms with Crippen LogP contribution in [0.1, 0.15) is 18.5 Å². The molecule has 0 bridgehead atoms. The fourth-order valence-corrected chi connectivity index (χ4v) is 4.94. The van der Waals surface area contributed by atoms with Crippen molar-refractivity contribution in [1.29, 1.82) is 0 Å². The van der Waals surface area contributed by atoms with Crippen molar-refractivity contribution in [2.45, 2.75) is 19.4 Å². The number of nitro groups is 1. The van der Waals surface area contributed by atoms with Crippen LogP contribution in [-0.4, -0.2) is 56.2 Å². The summed E-state index contributed by atoms with van der Waals surface area (Å²) in [7, 11) is 0. The van der Waals surface area contributed by atoms with Gasteiger partial charge in [0.1, 0.15) is 5.65 Å². The van der Waals surface area contributed by atoms with Gasteiger partial charge in [0.25, 0.3) is 5.69 Å². The molecule has 182 valence electrons. The largest absolute Gasteiger partial charge is 0.340 e. The summed E-state index contributed by atoms with van der Waals surface area (Å²) in [6.45, 7) is 3.78. The summed E-state index contributed by atoms with van der Waals surface area (Å²) in [6.07, 6.45) is 4.18. The van der Waals surface area contributed by atoms with Gasteiger partial charge in [-0.1, -0.05) is 30.3 Å². The first-order chi connectivity index (χ1) is 17.6. The zero-order valence-electron chi connectivity index (χ0n) is 19.9. The van der Waals surface area contributed by atoms with Gasteiger partial charge in [-0.25, -0.2) is 4.98 Å². The fraction of sp³-hybridized carbons (Fsp3) is 0.286. The number of piperazine rings is 1. The minimum atomic E-state index is -0.386. The molecule has 1 saturated heterocycles. The Hall–Kier alpha value is -4.04. The number of hydrogen-bond acceptors (Lipinski definition) is 5. The standard InChI is InChI=1S/C28H27N5O3/c34-28(22-6-7-22)31-16-14-30(15-17-31)19-25-27(21-8-11-24(12-9-21)33(35)36)29-26-13-10-23(18-32(25)26)20-4-2-1-3-5-20/h1-5,8-13,18,22H,6-7,14-17,19H2. The van der Waals surface area contributed by atoms with Crippen molar-refractivity contribution >= 4 is 17.2 Å². The van der Waals surface area contributed by atoms with Gasteiger partial charge in [-0.15, -0.1) is 0 Å². The van der Waals surface area contributed by atoms with E-state index >= 15 is 0 Å². The van der Waals surface area contributed by atoms with E-state index < -0.39 is 0 Å². The molecular formula is C28H27N5O3. The SMILES string of the molecule is O=C(C1CC1)N1CCN(Cc2c(-c3ccc([N+](=O)[O-])cc3)nc3ccc(-c4ccccc4)cn23)CC1. The van der Waals surface area contributed by atoms with Crippen LogP contribution in [0.25, 0.3) is 28.0 Å². The minimum Gasteiger partial charge on any atom is -0.340 e. The van der Waals surface area contributed by atoms with E-state index in [1.54, 1.807) is 12.1 Å². The lowest BCUT2D eigenvalue weighted by atomic mass is 10.1. The molecule has 2 fully saturated rings. The maximum atomic E-state index is 12.5. The first-order valence-corrected chi connectivity index (χ1v) is 12.4. The summed E-state index contributed by atoms with van der Waals surface area (Å²) in [4.78, 5) is 32.6. The highest BCUT2D eigenvalue weighted by atomic mass is 16.6. The van der Waals surface area contributed by atoms with E-state index in [1.807, 2.05) is 29.2 Å². The third-order valence-electron chi connectivity index (χ3n) is 7.16. The number of nitrogens with zero attached hydrogens (tertiary/aromatic N) is 5. The van der Waals surface area contributed by atoms with Crippen LogP contribution in [0.3, 0.4) is 0 Å². The Bertz CT molecular complexity index is 1420. The molecule has 1 aliphatic heterocycles. The van der Waals surface area contributed by atoms with Crippen LogP contribution in [0.15, 0.2) is 72.9 Å². The number of pyridine rings is 1. The average molecular weight is 482 g/mol. The molecule has 8 nitrogen and oxygen atoms in total. The van der Waals surface area contributed by atoms with E-state index in [9.17, 15) is 14.9 Å². The van der Waals surface area contributed by atoms with Crippen molar-refractivity contribution in [2.24, 2.45) is 5.92 Å². The molecule has 1 aliphatic carbocycles. The highest BCUT2D eigenvalue weighted by Crippen LogP contribution is 2.32. The van der Waals surface area contributed by atoms with Gasteiger partial charge >= 0.3 is 0 Å². The maximum absolute atomic E-state index is 12.5. The number of fused-ring (bicyclic) bond motifs is 1. The van der Waals surface area contributed by atoms with Crippen molar-refractivity contribution in [3.05, 3.63) is 88.7 Å². The van der Waals surface area contributed by atoms with Crippen molar-refractivity contribution in [3.8, 4) is 22.4 Å². The van der Waals surface area contributed by atoms with Crippen molar-refractivity contribution < 1.29 is 9.72 Å². The molecule has 0 radical (unpaired) electrons. The van der Waals surface area contributed by atoms with Crippen molar-refractivity contribution in [3.63, 3.8) is 0 Å². The van der Waals surface area contributed by atoms with E-state index in [0.717, 1.165) is 72.7 Å². The number of nitro benzene ring substituents is 1. The number of non-ortho nitro benzene ring substituents is 1. The zero-order valence-corrected chi connectivity index (χ0v) is 19.9. The highest BCUT2D eigenvalue weighted by molar-refractivity contribution is 5.81. The van der Waals surface area contributed by atoms with E-state index in [-0.39, 0.29) is 16.5 Å². The van der Waals surface area contributed by atoms with Crippen molar-refractivity contribution in [1.82, 2.24) is 19.2 Å². The van der Waals surface area contributed by atoms with E-state index in [4.69, 9.17) is 4.98 Å².